The Morgan fingerprint density at radius 1 is 1.15 bits per heavy atom. The summed E-state index contributed by atoms with van der Waals surface area (Å²) in [4.78, 5) is 13.6. The molecule has 0 radical (unpaired) electrons. The molecule has 2 aromatic carbocycles. The second kappa shape index (κ2) is 7.97. The largest absolute Gasteiger partial charge is 1.00 e. The topological polar surface area (TPSA) is 155 Å². The number of para-hydroxylation sites is 1. The van der Waals surface area contributed by atoms with Crippen LogP contribution in [0.15, 0.2) is 56.3 Å². The van der Waals surface area contributed by atoms with Gasteiger partial charge >= 0.3 is 29.6 Å². The van der Waals surface area contributed by atoms with E-state index in [0.717, 1.165) is 12.1 Å². The fraction of sp³-hybridized carbons (Fsp3) is 0. The van der Waals surface area contributed by atoms with E-state index in [1.807, 2.05) is 0 Å². The van der Waals surface area contributed by atoms with Crippen molar-refractivity contribution < 1.29 is 52.7 Å². The summed E-state index contributed by atoms with van der Waals surface area (Å²) >= 11 is 5.73. The number of hydrogen-bond acceptors (Lipinski definition) is 7. The van der Waals surface area contributed by atoms with Crippen LogP contribution >= 0.6 is 11.6 Å². The number of aromatic hydroxyl groups is 1. The number of halogens is 1. The van der Waals surface area contributed by atoms with Gasteiger partial charge in [-0.3, -0.25) is 9.35 Å². The minimum Gasteiger partial charge on any atom is -0.870 e. The second-order valence-electron chi connectivity index (χ2n) is 5.12. The number of hydrogen-bond donors (Lipinski definition) is 3. The van der Waals surface area contributed by atoms with E-state index in [1.165, 1.54) is 6.07 Å². The quantitative estimate of drug-likeness (QED) is 0.300. The Morgan fingerprint density at radius 2 is 1.81 bits per heavy atom. The third-order valence-electron chi connectivity index (χ3n) is 3.41. The number of benzene rings is 2. The molecule has 0 atom stereocenters. The van der Waals surface area contributed by atoms with Crippen LogP contribution in [0.3, 0.4) is 0 Å². The molecule has 3 rings (SSSR count). The Labute approximate surface area is 179 Å². The van der Waals surface area contributed by atoms with Crippen LogP contribution in [0.5, 0.6) is 11.5 Å². The third-order valence-corrected chi connectivity index (χ3v) is 4.49. The summed E-state index contributed by atoms with van der Waals surface area (Å²) in [7, 11) is -4.77. The number of phenolic OH excluding ortho intramolecular Hbond substituents is 1. The third kappa shape index (κ3) is 4.32. The predicted molar refractivity (Wildman–Crippen MR) is 91.1 cm³/mol. The molecule has 3 N–H and O–H groups in total. The summed E-state index contributed by atoms with van der Waals surface area (Å²) in [6, 6.07) is 8.13. The molecule has 1 heterocycles. The molecule has 0 saturated heterocycles. The number of nitrogens with one attached hydrogen (secondary N) is 1. The van der Waals surface area contributed by atoms with E-state index in [0.29, 0.717) is 5.52 Å². The summed E-state index contributed by atoms with van der Waals surface area (Å²) in [5.74, 6) is -1.62. The van der Waals surface area contributed by atoms with Gasteiger partial charge in [0, 0.05) is 10.5 Å². The number of pyridine rings is 1. The Morgan fingerprint density at radius 3 is 2.48 bits per heavy atom. The van der Waals surface area contributed by atoms with Crippen LogP contribution < -0.4 is 40.2 Å². The Balaban J connectivity index is 0.00000261. The first kappa shape index (κ1) is 21.4. The van der Waals surface area contributed by atoms with Crippen LogP contribution in [0.2, 0.25) is 5.02 Å². The molecule has 0 aliphatic heterocycles. The second-order valence-corrected chi connectivity index (χ2v) is 6.95. The number of H-pyrrole nitrogens is 1. The van der Waals surface area contributed by atoms with Crippen molar-refractivity contribution in [2.45, 2.75) is 4.90 Å². The van der Waals surface area contributed by atoms with Crippen molar-refractivity contribution in [3.05, 3.63) is 51.8 Å². The number of fused-ring (bicyclic) bond motifs is 1. The Bertz CT molecular complexity index is 1230. The zero-order valence-electron chi connectivity index (χ0n) is 13.7. The van der Waals surface area contributed by atoms with Crippen molar-refractivity contribution in [2.24, 2.45) is 10.2 Å². The van der Waals surface area contributed by atoms with Crippen molar-refractivity contribution in [1.29, 1.82) is 0 Å². The smallest absolute Gasteiger partial charge is 0.870 e. The molecule has 0 amide bonds. The maximum Gasteiger partial charge on any atom is 1.00 e. The fourth-order valence-corrected chi connectivity index (χ4v) is 3.13. The molecule has 0 fully saturated rings. The minimum atomic E-state index is -4.77. The molecule has 0 aliphatic carbocycles. The van der Waals surface area contributed by atoms with Crippen LogP contribution in [0.4, 0.5) is 11.4 Å². The molecule has 134 valence electrons. The molecular weight excluding hydrogens is 409 g/mol. The molecule has 0 saturated carbocycles. The van der Waals surface area contributed by atoms with Crippen molar-refractivity contribution in [2.75, 3.05) is 0 Å². The number of azo groups is 1. The average Bonchev–Trinajstić information content (AvgIpc) is 2.56. The van der Waals surface area contributed by atoms with Gasteiger partial charge in [0.1, 0.15) is 16.3 Å². The molecule has 0 bridgehead atoms. The van der Waals surface area contributed by atoms with E-state index in [9.17, 15) is 23.4 Å². The molecule has 0 aliphatic rings. The maximum atomic E-state index is 12.4. The van der Waals surface area contributed by atoms with Gasteiger partial charge in [0.05, 0.1) is 0 Å². The number of aromatic nitrogens is 1. The number of nitrogens with zero attached hydrogens (tertiary/aromatic N) is 2. The van der Waals surface area contributed by atoms with Crippen LogP contribution in [0.25, 0.3) is 10.9 Å². The van der Waals surface area contributed by atoms with Crippen LogP contribution in [0, 0.1) is 0 Å². The van der Waals surface area contributed by atoms with Gasteiger partial charge in [-0.15, -0.1) is 10.2 Å². The molecule has 0 unspecified atom stereocenters. The first-order chi connectivity index (χ1) is 12.2. The molecule has 12 heteroatoms. The minimum absolute atomic E-state index is 0. The van der Waals surface area contributed by atoms with Gasteiger partial charge in [0.25, 0.3) is 15.7 Å². The zero-order valence-corrected chi connectivity index (χ0v) is 17.2. The van der Waals surface area contributed by atoms with Crippen LogP contribution in [-0.2, 0) is 10.1 Å². The van der Waals surface area contributed by atoms with Crippen LogP contribution in [-0.4, -0.2) is 23.1 Å². The van der Waals surface area contributed by atoms with Gasteiger partial charge in [0.15, 0.2) is 5.75 Å². The number of rotatable bonds is 3. The molecule has 0 spiro atoms. The van der Waals surface area contributed by atoms with Gasteiger partial charge < -0.3 is 15.2 Å². The Kier molecular flexibility index (Phi) is 6.30. The normalized spacial score (nSPS) is 11.6. The van der Waals surface area contributed by atoms with Crippen molar-refractivity contribution >= 4 is 44.0 Å². The summed E-state index contributed by atoms with van der Waals surface area (Å²) < 4.78 is 31.6. The zero-order chi connectivity index (χ0) is 19.1. The fourth-order valence-electron chi connectivity index (χ4n) is 2.23. The molecule has 27 heavy (non-hydrogen) atoms. The van der Waals surface area contributed by atoms with E-state index >= 15 is 0 Å². The predicted octanol–water partition coefficient (Wildman–Crippen LogP) is -0.373. The Hall–Kier alpha value is -1.95. The molecule has 3 aromatic rings. The van der Waals surface area contributed by atoms with E-state index in [1.54, 1.807) is 18.2 Å². The molecule has 9 nitrogen and oxygen atoms in total. The van der Waals surface area contributed by atoms with Gasteiger partial charge in [-0.25, -0.2) is 0 Å². The standard InChI is InChI=1S/C15H10ClN3O6S.Na/c16-7-5-10(14(21)11(6-7)26(23,24)25)18-19-12-13(20)8-3-1-2-4-9(8)17-15(12)22;/h1-6,21H,(H2,17,20,22)(H,23,24,25);/q;+1/p-1. The van der Waals surface area contributed by atoms with Gasteiger partial charge in [0.2, 0.25) is 0 Å². The van der Waals surface area contributed by atoms with Crippen LogP contribution in [0.1, 0.15) is 0 Å². The average molecular weight is 418 g/mol. The first-order valence-corrected chi connectivity index (χ1v) is 8.74. The van der Waals surface area contributed by atoms with E-state index in [-0.39, 0.29) is 40.0 Å². The van der Waals surface area contributed by atoms with E-state index in [4.69, 9.17) is 16.2 Å². The van der Waals surface area contributed by atoms with Crippen molar-refractivity contribution in [3.63, 3.8) is 0 Å². The summed E-state index contributed by atoms with van der Waals surface area (Å²) in [6.45, 7) is 0. The summed E-state index contributed by atoms with van der Waals surface area (Å²) in [6.07, 6.45) is 0. The maximum absolute atomic E-state index is 12.4. The van der Waals surface area contributed by atoms with E-state index < -0.39 is 43.4 Å². The number of phenols is 1. The van der Waals surface area contributed by atoms with Crippen molar-refractivity contribution in [1.82, 2.24) is 4.98 Å². The molecular formula is C15H9ClN3NaO6S. The van der Waals surface area contributed by atoms with E-state index in [2.05, 4.69) is 15.2 Å². The van der Waals surface area contributed by atoms with Gasteiger partial charge in [-0.2, -0.15) is 8.42 Å². The summed E-state index contributed by atoms with van der Waals surface area (Å²) in [5, 5.41) is 29.4. The van der Waals surface area contributed by atoms with Crippen molar-refractivity contribution in [3.8, 4) is 11.5 Å². The van der Waals surface area contributed by atoms with Gasteiger partial charge in [-0.05, 0) is 23.6 Å². The summed E-state index contributed by atoms with van der Waals surface area (Å²) in [5.41, 5.74) is -1.50. The number of aromatic amines is 1. The molecule has 1 aromatic heterocycles. The van der Waals surface area contributed by atoms with Gasteiger partial charge in [-0.1, -0.05) is 35.5 Å². The monoisotopic (exact) mass is 417 g/mol. The SMILES string of the molecule is O=c1[nH]c2ccccc2c([O-])c1N=Nc1cc(Cl)cc(S(=O)(=O)O)c1O.[Na+]. The first-order valence-electron chi connectivity index (χ1n) is 6.92.